The molecule has 9 heteroatoms. The van der Waals surface area contributed by atoms with E-state index >= 15 is 0 Å². The van der Waals surface area contributed by atoms with Gasteiger partial charge in [0.2, 0.25) is 5.88 Å². The molecular weight excluding hydrogens is 400 g/mol. The summed E-state index contributed by atoms with van der Waals surface area (Å²) in [7, 11) is 1.52. The molecule has 0 aliphatic carbocycles. The highest BCUT2D eigenvalue weighted by molar-refractivity contribution is 5.86. The van der Waals surface area contributed by atoms with Gasteiger partial charge in [-0.3, -0.25) is 10.1 Å². The van der Waals surface area contributed by atoms with Crippen LogP contribution < -0.4 is 15.4 Å². The Morgan fingerprint density at radius 3 is 2.48 bits per heavy atom. The number of carbonyl (C=O) groups is 1. The molecule has 2 aromatic rings. The number of benzene rings is 1. The lowest BCUT2D eigenvalue weighted by atomic mass is 10.0. The SMILES string of the molecule is COc1ncccc1-c1cccc([N+](=O)[O-])c1NCCCCCNC(=O)OC(C)(C)C. The van der Waals surface area contributed by atoms with Crippen molar-refractivity contribution in [1.29, 1.82) is 0 Å². The molecule has 0 atom stereocenters. The zero-order valence-electron chi connectivity index (χ0n) is 18.4. The van der Waals surface area contributed by atoms with Crippen molar-refractivity contribution in [1.82, 2.24) is 10.3 Å². The number of nitro groups is 1. The molecule has 0 aliphatic heterocycles. The number of para-hydroxylation sites is 1. The molecule has 9 nitrogen and oxygen atoms in total. The number of hydrogen-bond acceptors (Lipinski definition) is 7. The van der Waals surface area contributed by atoms with Gasteiger partial charge in [-0.2, -0.15) is 0 Å². The van der Waals surface area contributed by atoms with Gasteiger partial charge in [-0.25, -0.2) is 9.78 Å². The highest BCUT2D eigenvalue weighted by Gasteiger charge is 2.20. The number of nitrogens with zero attached hydrogens (tertiary/aromatic N) is 2. The molecule has 2 N–H and O–H groups in total. The van der Waals surface area contributed by atoms with Crippen LogP contribution in [-0.2, 0) is 4.74 Å². The number of rotatable bonds is 10. The first-order chi connectivity index (χ1) is 14.7. The number of pyridine rings is 1. The number of carbonyl (C=O) groups excluding carboxylic acids is 1. The van der Waals surface area contributed by atoms with Crippen LogP contribution >= 0.6 is 0 Å². The van der Waals surface area contributed by atoms with E-state index in [1.807, 2.05) is 26.8 Å². The minimum atomic E-state index is -0.521. The van der Waals surface area contributed by atoms with Crippen molar-refractivity contribution in [2.75, 3.05) is 25.5 Å². The van der Waals surface area contributed by atoms with Crippen LogP contribution in [0.4, 0.5) is 16.2 Å². The van der Waals surface area contributed by atoms with Gasteiger partial charge in [-0.1, -0.05) is 12.1 Å². The Kier molecular flexibility index (Phi) is 8.60. The summed E-state index contributed by atoms with van der Waals surface area (Å²) in [6.45, 7) is 6.51. The summed E-state index contributed by atoms with van der Waals surface area (Å²) in [4.78, 5) is 27.0. The molecule has 0 aliphatic rings. The largest absolute Gasteiger partial charge is 0.481 e. The van der Waals surface area contributed by atoms with Crippen LogP contribution in [0.15, 0.2) is 36.5 Å². The average Bonchev–Trinajstić information content (AvgIpc) is 2.71. The van der Waals surface area contributed by atoms with Crippen molar-refractivity contribution >= 4 is 17.5 Å². The van der Waals surface area contributed by atoms with Crippen molar-refractivity contribution in [3.8, 4) is 17.0 Å². The van der Waals surface area contributed by atoms with E-state index in [9.17, 15) is 14.9 Å². The van der Waals surface area contributed by atoms with Gasteiger partial charge in [0.15, 0.2) is 0 Å². The number of anilines is 1. The van der Waals surface area contributed by atoms with Crippen molar-refractivity contribution < 1.29 is 19.2 Å². The first-order valence-corrected chi connectivity index (χ1v) is 10.2. The highest BCUT2D eigenvalue weighted by atomic mass is 16.6. The van der Waals surface area contributed by atoms with Gasteiger partial charge in [0.1, 0.15) is 11.3 Å². The fourth-order valence-electron chi connectivity index (χ4n) is 3.01. The summed E-state index contributed by atoms with van der Waals surface area (Å²) >= 11 is 0. The predicted molar refractivity (Wildman–Crippen MR) is 119 cm³/mol. The first-order valence-electron chi connectivity index (χ1n) is 10.2. The van der Waals surface area contributed by atoms with E-state index in [1.54, 1.807) is 24.4 Å². The molecule has 2 rings (SSSR count). The molecule has 0 saturated heterocycles. The molecule has 1 amide bonds. The molecule has 0 unspecified atom stereocenters. The quantitative estimate of drug-likeness (QED) is 0.317. The number of amides is 1. The monoisotopic (exact) mass is 430 g/mol. The maximum absolute atomic E-state index is 11.6. The summed E-state index contributed by atoms with van der Waals surface area (Å²) in [6, 6.07) is 8.50. The fourth-order valence-corrected chi connectivity index (χ4v) is 3.01. The molecule has 0 spiro atoms. The third-order valence-corrected chi connectivity index (χ3v) is 4.32. The maximum atomic E-state index is 11.6. The van der Waals surface area contributed by atoms with Gasteiger partial charge >= 0.3 is 6.09 Å². The Balaban J connectivity index is 1.96. The lowest BCUT2D eigenvalue weighted by Gasteiger charge is -2.19. The molecule has 1 heterocycles. The number of nitrogens with one attached hydrogen (secondary N) is 2. The second kappa shape index (κ2) is 11.1. The van der Waals surface area contributed by atoms with Crippen LogP contribution in [0.3, 0.4) is 0 Å². The highest BCUT2D eigenvalue weighted by Crippen LogP contribution is 2.38. The molecule has 31 heavy (non-hydrogen) atoms. The van der Waals surface area contributed by atoms with Crippen LogP contribution in [0.25, 0.3) is 11.1 Å². The van der Waals surface area contributed by atoms with Crippen LogP contribution in [0.2, 0.25) is 0 Å². The van der Waals surface area contributed by atoms with Crippen LogP contribution in [0.5, 0.6) is 5.88 Å². The van der Waals surface area contributed by atoms with Crippen LogP contribution in [0.1, 0.15) is 40.0 Å². The van der Waals surface area contributed by atoms with Gasteiger partial charge in [-0.15, -0.1) is 0 Å². The molecule has 1 aromatic heterocycles. The Labute approximate surface area is 182 Å². The third kappa shape index (κ3) is 7.44. The molecule has 1 aromatic carbocycles. The zero-order chi connectivity index (χ0) is 22.9. The molecule has 0 fully saturated rings. The van der Waals surface area contributed by atoms with Crippen LogP contribution in [0, 0.1) is 10.1 Å². The third-order valence-electron chi connectivity index (χ3n) is 4.32. The van der Waals surface area contributed by atoms with Gasteiger partial charge in [-0.05, 0) is 52.2 Å². The number of nitro benzene ring substituents is 1. The second-order valence-electron chi connectivity index (χ2n) is 7.93. The van der Waals surface area contributed by atoms with E-state index in [-0.39, 0.29) is 5.69 Å². The summed E-state index contributed by atoms with van der Waals surface area (Å²) in [6.07, 6.45) is 3.58. The normalized spacial score (nSPS) is 11.0. The fraction of sp³-hybridized carbons (Fsp3) is 0.455. The van der Waals surface area contributed by atoms with Crippen LogP contribution in [-0.4, -0.2) is 41.8 Å². The van der Waals surface area contributed by atoms with Crippen molar-refractivity contribution in [2.24, 2.45) is 0 Å². The number of hydrogen-bond donors (Lipinski definition) is 2. The minimum absolute atomic E-state index is 0.00463. The van der Waals surface area contributed by atoms with Gasteiger partial charge in [0.05, 0.1) is 12.0 Å². The molecule has 0 saturated carbocycles. The molecular formula is C22H30N4O5. The lowest BCUT2D eigenvalue weighted by molar-refractivity contribution is -0.383. The minimum Gasteiger partial charge on any atom is -0.481 e. The standard InChI is InChI=1S/C22H30N4O5/c1-22(2,3)31-21(27)25-14-7-5-6-13-23-19-16(10-8-12-18(19)26(28)29)17-11-9-15-24-20(17)30-4/h8-12,15,23H,5-7,13-14H2,1-4H3,(H,25,27). The molecule has 0 radical (unpaired) electrons. The van der Waals surface area contributed by atoms with E-state index in [1.165, 1.54) is 13.2 Å². The topological polar surface area (TPSA) is 116 Å². The Morgan fingerprint density at radius 1 is 1.10 bits per heavy atom. The smallest absolute Gasteiger partial charge is 0.407 e. The van der Waals surface area contributed by atoms with E-state index < -0.39 is 16.6 Å². The molecule has 168 valence electrons. The average molecular weight is 431 g/mol. The number of ether oxygens (including phenoxy) is 2. The predicted octanol–water partition coefficient (Wildman–Crippen LogP) is 4.77. The van der Waals surface area contributed by atoms with Gasteiger partial charge in [0.25, 0.3) is 5.69 Å². The van der Waals surface area contributed by atoms with Crippen molar-refractivity contribution in [3.05, 3.63) is 46.6 Å². The Bertz CT molecular complexity index is 896. The van der Waals surface area contributed by atoms with E-state index in [2.05, 4.69) is 15.6 Å². The Morgan fingerprint density at radius 2 is 1.81 bits per heavy atom. The van der Waals surface area contributed by atoms with E-state index in [0.29, 0.717) is 35.8 Å². The second-order valence-corrected chi connectivity index (χ2v) is 7.93. The maximum Gasteiger partial charge on any atom is 0.407 e. The van der Waals surface area contributed by atoms with Gasteiger partial charge < -0.3 is 20.1 Å². The number of aromatic nitrogens is 1. The number of unbranched alkanes of at least 4 members (excludes halogenated alkanes) is 2. The Hall–Kier alpha value is -3.36. The lowest BCUT2D eigenvalue weighted by Crippen LogP contribution is -2.33. The van der Waals surface area contributed by atoms with E-state index in [4.69, 9.17) is 9.47 Å². The first kappa shape index (κ1) is 23.9. The molecule has 0 bridgehead atoms. The van der Waals surface area contributed by atoms with Crippen molar-refractivity contribution in [2.45, 2.75) is 45.6 Å². The van der Waals surface area contributed by atoms with Gasteiger partial charge in [0, 0.05) is 36.5 Å². The summed E-state index contributed by atoms with van der Waals surface area (Å²) in [5.41, 5.74) is 1.25. The van der Waals surface area contributed by atoms with E-state index in [0.717, 1.165) is 19.3 Å². The number of methoxy groups -OCH3 is 1. The van der Waals surface area contributed by atoms with Crippen molar-refractivity contribution in [3.63, 3.8) is 0 Å². The zero-order valence-corrected chi connectivity index (χ0v) is 18.4. The summed E-state index contributed by atoms with van der Waals surface area (Å²) in [5, 5.41) is 17.5. The number of alkyl carbamates (subject to hydrolysis) is 1. The summed E-state index contributed by atoms with van der Waals surface area (Å²) < 4.78 is 10.5. The summed E-state index contributed by atoms with van der Waals surface area (Å²) in [5.74, 6) is 0.402.